The Morgan fingerprint density at radius 3 is 2.50 bits per heavy atom. The highest BCUT2D eigenvalue weighted by molar-refractivity contribution is 9.10. The average Bonchev–Trinajstić information content (AvgIpc) is 2.92. The molecule has 0 amide bonds. The smallest absolute Gasteiger partial charge is 0.341 e. The van der Waals surface area contributed by atoms with E-state index in [9.17, 15) is 4.79 Å². The van der Waals surface area contributed by atoms with Crippen LogP contribution in [0.1, 0.15) is 61.4 Å². The van der Waals surface area contributed by atoms with Crippen molar-refractivity contribution in [1.29, 1.82) is 0 Å². The predicted octanol–water partition coefficient (Wildman–Crippen LogP) is 4.68. The number of benzene rings is 1. The Balaban J connectivity index is 2.42. The summed E-state index contributed by atoms with van der Waals surface area (Å²) in [5, 5.41) is 0. The fourth-order valence-corrected chi connectivity index (χ4v) is 3.41. The summed E-state index contributed by atoms with van der Waals surface area (Å²) in [6, 6.07) is 3.84. The molecule has 1 saturated carbocycles. The molecule has 3 nitrogen and oxygen atoms in total. The number of methoxy groups -OCH3 is 1. The Bertz CT molecular complexity index is 491. The van der Waals surface area contributed by atoms with E-state index in [2.05, 4.69) is 15.9 Å². The van der Waals surface area contributed by atoms with Gasteiger partial charge in [-0.15, -0.1) is 0 Å². The zero-order valence-corrected chi connectivity index (χ0v) is 13.8. The van der Waals surface area contributed by atoms with Crippen molar-refractivity contribution in [2.75, 3.05) is 7.11 Å². The van der Waals surface area contributed by atoms with Crippen LogP contribution in [0.2, 0.25) is 0 Å². The van der Waals surface area contributed by atoms with Crippen LogP contribution in [-0.2, 0) is 4.74 Å². The summed E-state index contributed by atoms with van der Waals surface area (Å²) < 4.78 is 11.6. The summed E-state index contributed by atoms with van der Waals surface area (Å²) in [7, 11) is 1.39. The molecule has 2 rings (SSSR count). The third kappa shape index (κ3) is 3.35. The van der Waals surface area contributed by atoms with E-state index in [4.69, 9.17) is 9.47 Å². The van der Waals surface area contributed by atoms with Crippen molar-refractivity contribution in [3.8, 4) is 5.75 Å². The van der Waals surface area contributed by atoms with E-state index < -0.39 is 0 Å². The van der Waals surface area contributed by atoms with Gasteiger partial charge < -0.3 is 9.47 Å². The van der Waals surface area contributed by atoms with Crippen LogP contribution in [0.3, 0.4) is 0 Å². The van der Waals surface area contributed by atoms with Crippen LogP contribution in [0.15, 0.2) is 16.6 Å². The number of halogens is 1. The number of hydrogen-bond donors (Lipinski definition) is 0. The van der Waals surface area contributed by atoms with Gasteiger partial charge in [-0.05, 0) is 50.3 Å². The molecule has 0 N–H and O–H groups in total. The second-order valence-corrected chi connectivity index (χ2v) is 6.36. The molecule has 20 heavy (non-hydrogen) atoms. The molecule has 1 aliphatic carbocycles. The highest BCUT2D eigenvalue weighted by Crippen LogP contribution is 2.40. The normalized spacial score (nSPS) is 15.7. The van der Waals surface area contributed by atoms with Crippen LogP contribution in [0.25, 0.3) is 0 Å². The molecule has 0 heterocycles. The molecule has 1 aromatic rings. The van der Waals surface area contributed by atoms with Crippen LogP contribution < -0.4 is 4.74 Å². The van der Waals surface area contributed by atoms with E-state index in [-0.39, 0.29) is 12.1 Å². The molecule has 0 aliphatic heterocycles. The minimum Gasteiger partial charge on any atom is -0.490 e. The van der Waals surface area contributed by atoms with Crippen LogP contribution >= 0.6 is 15.9 Å². The van der Waals surface area contributed by atoms with Crippen LogP contribution in [-0.4, -0.2) is 19.2 Å². The monoisotopic (exact) mass is 340 g/mol. The Kier molecular flexibility index (Phi) is 5.08. The van der Waals surface area contributed by atoms with Crippen LogP contribution in [0, 0.1) is 0 Å². The second kappa shape index (κ2) is 6.61. The van der Waals surface area contributed by atoms with Gasteiger partial charge in [0.05, 0.1) is 13.2 Å². The molecule has 1 aliphatic rings. The fraction of sp³-hybridized carbons (Fsp3) is 0.562. The van der Waals surface area contributed by atoms with Gasteiger partial charge in [0.15, 0.2) is 0 Å². The first-order chi connectivity index (χ1) is 9.52. The maximum Gasteiger partial charge on any atom is 0.341 e. The Hall–Kier alpha value is -1.03. The third-order valence-corrected chi connectivity index (χ3v) is 4.35. The Labute approximate surface area is 128 Å². The van der Waals surface area contributed by atoms with Crippen molar-refractivity contribution in [3.05, 3.63) is 27.7 Å². The zero-order chi connectivity index (χ0) is 14.7. The number of hydrogen-bond acceptors (Lipinski definition) is 3. The van der Waals surface area contributed by atoms with Gasteiger partial charge in [-0.25, -0.2) is 4.79 Å². The van der Waals surface area contributed by atoms with Crippen molar-refractivity contribution in [2.45, 2.75) is 51.6 Å². The zero-order valence-electron chi connectivity index (χ0n) is 12.2. The standard InChI is InChI=1S/C16H21BrO3/c1-10(2)20-15-9-12(11-6-4-5-7-11)14(17)8-13(15)16(18)19-3/h8-11H,4-7H2,1-3H3. The van der Waals surface area contributed by atoms with E-state index in [1.54, 1.807) is 0 Å². The summed E-state index contributed by atoms with van der Waals surface area (Å²) in [6.45, 7) is 3.91. The Morgan fingerprint density at radius 2 is 1.95 bits per heavy atom. The second-order valence-electron chi connectivity index (χ2n) is 5.51. The van der Waals surface area contributed by atoms with Crippen LogP contribution in [0.4, 0.5) is 0 Å². The molecule has 0 saturated heterocycles. The number of ether oxygens (including phenoxy) is 2. The summed E-state index contributed by atoms with van der Waals surface area (Å²) >= 11 is 3.59. The van der Waals surface area contributed by atoms with Gasteiger partial charge in [0.1, 0.15) is 11.3 Å². The summed E-state index contributed by atoms with van der Waals surface area (Å²) in [4.78, 5) is 11.9. The van der Waals surface area contributed by atoms with Crippen molar-refractivity contribution < 1.29 is 14.3 Å². The van der Waals surface area contributed by atoms with E-state index in [1.165, 1.54) is 38.4 Å². The van der Waals surface area contributed by atoms with E-state index >= 15 is 0 Å². The molecule has 0 atom stereocenters. The average molecular weight is 341 g/mol. The van der Waals surface area contributed by atoms with Crippen molar-refractivity contribution in [1.82, 2.24) is 0 Å². The quantitative estimate of drug-likeness (QED) is 0.746. The summed E-state index contributed by atoms with van der Waals surface area (Å²) in [6.07, 6.45) is 4.98. The van der Waals surface area contributed by atoms with Gasteiger partial charge in [-0.3, -0.25) is 0 Å². The fourth-order valence-electron chi connectivity index (χ4n) is 2.74. The first kappa shape index (κ1) is 15.4. The van der Waals surface area contributed by atoms with Gasteiger partial charge >= 0.3 is 5.97 Å². The number of carbonyl (C=O) groups excluding carboxylic acids is 1. The molecule has 0 bridgehead atoms. The molecular weight excluding hydrogens is 320 g/mol. The van der Waals surface area contributed by atoms with Gasteiger partial charge in [-0.1, -0.05) is 28.8 Å². The van der Waals surface area contributed by atoms with E-state index in [0.717, 1.165) is 4.47 Å². The lowest BCUT2D eigenvalue weighted by molar-refractivity contribution is 0.0594. The van der Waals surface area contributed by atoms with Crippen molar-refractivity contribution >= 4 is 21.9 Å². The summed E-state index contributed by atoms with van der Waals surface area (Å²) in [5.74, 6) is 0.821. The molecule has 1 aromatic carbocycles. The largest absolute Gasteiger partial charge is 0.490 e. The van der Waals surface area contributed by atoms with Crippen LogP contribution in [0.5, 0.6) is 5.75 Å². The topological polar surface area (TPSA) is 35.5 Å². The molecule has 0 unspecified atom stereocenters. The maximum atomic E-state index is 11.9. The molecular formula is C16H21BrO3. The first-order valence-electron chi connectivity index (χ1n) is 7.11. The molecule has 110 valence electrons. The molecule has 0 radical (unpaired) electrons. The van der Waals surface area contributed by atoms with Gasteiger partial charge in [0.25, 0.3) is 0 Å². The highest BCUT2D eigenvalue weighted by Gasteiger charge is 2.23. The SMILES string of the molecule is COC(=O)c1cc(Br)c(C2CCCC2)cc1OC(C)C. The van der Waals surface area contributed by atoms with E-state index in [0.29, 0.717) is 17.2 Å². The van der Waals surface area contributed by atoms with Crippen molar-refractivity contribution in [3.63, 3.8) is 0 Å². The van der Waals surface area contributed by atoms with Crippen molar-refractivity contribution in [2.24, 2.45) is 0 Å². The number of carbonyl (C=O) groups is 1. The minimum atomic E-state index is -0.362. The molecule has 0 spiro atoms. The lowest BCUT2D eigenvalue weighted by Crippen LogP contribution is -2.12. The molecule has 1 fully saturated rings. The third-order valence-electron chi connectivity index (χ3n) is 3.66. The van der Waals surface area contributed by atoms with Gasteiger partial charge in [-0.2, -0.15) is 0 Å². The summed E-state index contributed by atoms with van der Waals surface area (Å²) in [5.41, 5.74) is 1.72. The first-order valence-corrected chi connectivity index (χ1v) is 7.90. The number of rotatable bonds is 4. The molecule has 0 aromatic heterocycles. The van der Waals surface area contributed by atoms with Gasteiger partial charge in [0.2, 0.25) is 0 Å². The number of esters is 1. The lowest BCUT2D eigenvalue weighted by Gasteiger charge is -2.18. The Morgan fingerprint density at radius 1 is 1.30 bits per heavy atom. The maximum absolute atomic E-state index is 11.9. The molecule has 4 heteroatoms. The minimum absolute atomic E-state index is 0.0241. The predicted molar refractivity (Wildman–Crippen MR) is 82.5 cm³/mol. The highest BCUT2D eigenvalue weighted by atomic mass is 79.9. The van der Waals surface area contributed by atoms with Gasteiger partial charge in [0, 0.05) is 4.47 Å². The lowest BCUT2D eigenvalue weighted by atomic mass is 9.96. The van der Waals surface area contributed by atoms with E-state index in [1.807, 2.05) is 26.0 Å².